The second kappa shape index (κ2) is 5.03. The van der Waals surface area contributed by atoms with Crippen molar-refractivity contribution in [3.63, 3.8) is 0 Å². The number of aromatic nitrogens is 2. The molecule has 0 aromatic carbocycles. The van der Waals surface area contributed by atoms with E-state index in [2.05, 4.69) is 14.9 Å². The summed E-state index contributed by atoms with van der Waals surface area (Å²) in [6.07, 6.45) is 2.84. The molecule has 1 aliphatic rings. The van der Waals surface area contributed by atoms with Gasteiger partial charge in [0.05, 0.1) is 13.2 Å². The van der Waals surface area contributed by atoms with Crippen LogP contribution in [0.2, 0.25) is 0 Å². The predicted octanol–water partition coefficient (Wildman–Crippen LogP) is 0.859. The van der Waals surface area contributed by atoms with E-state index in [0.29, 0.717) is 24.7 Å². The summed E-state index contributed by atoms with van der Waals surface area (Å²) in [5.74, 6) is 0.306. The third-order valence-electron chi connectivity index (χ3n) is 2.50. The molecule has 0 unspecified atom stereocenters. The summed E-state index contributed by atoms with van der Waals surface area (Å²) < 4.78 is 4.89. The Morgan fingerprint density at radius 1 is 1.56 bits per heavy atom. The van der Waals surface area contributed by atoms with Gasteiger partial charge in [-0.3, -0.25) is 4.90 Å². The molecule has 0 spiro atoms. The Labute approximate surface area is 94.5 Å². The minimum Gasteiger partial charge on any atom is -0.461 e. The van der Waals surface area contributed by atoms with Gasteiger partial charge < -0.3 is 4.74 Å². The summed E-state index contributed by atoms with van der Waals surface area (Å²) in [4.78, 5) is 22.0. The van der Waals surface area contributed by atoms with Gasteiger partial charge in [-0.15, -0.1) is 0 Å². The zero-order valence-corrected chi connectivity index (χ0v) is 9.35. The molecule has 0 atom stereocenters. The minimum absolute atomic E-state index is 0.340. The fourth-order valence-electron chi connectivity index (χ4n) is 1.53. The van der Waals surface area contributed by atoms with Gasteiger partial charge in [0.25, 0.3) is 0 Å². The summed E-state index contributed by atoms with van der Waals surface area (Å²) in [7, 11) is 0. The van der Waals surface area contributed by atoms with E-state index in [0.717, 1.165) is 13.1 Å². The number of rotatable bonds is 4. The van der Waals surface area contributed by atoms with E-state index in [1.54, 1.807) is 19.2 Å². The third kappa shape index (κ3) is 2.55. The number of carbonyl (C=O) groups is 1. The average Bonchev–Trinajstić information content (AvgIpc) is 2.24. The fourth-order valence-corrected chi connectivity index (χ4v) is 1.53. The number of hydrogen-bond acceptors (Lipinski definition) is 5. The van der Waals surface area contributed by atoms with Crippen molar-refractivity contribution in [1.29, 1.82) is 0 Å². The lowest BCUT2D eigenvalue weighted by Crippen LogP contribution is -2.36. The van der Waals surface area contributed by atoms with Crippen molar-refractivity contribution in [3.8, 4) is 0 Å². The summed E-state index contributed by atoms with van der Waals surface area (Å²) in [5, 5.41) is 0. The maximum atomic E-state index is 11.4. The largest absolute Gasteiger partial charge is 0.461 e. The Kier molecular flexibility index (Phi) is 3.46. The highest BCUT2D eigenvalue weighted by atomic mass is 16.5. The molecule has 1 aromatic rings. The van der Waals surface area contributed by atoms with Crippen LogP contribution in [0.4, 0.5) is 0 Å². The van der Waals surface area contributed by atoms with Crippen LogP contribution in [0.15, 0.2) is 12.3 Å². The molecule has 2 heterocycles. The summed E-state index contributed by atoms with van der Waals surface area (Å²) >= 11 is 0. The molecule has 0 bridgehead atoms. The molecule has 0 radical (unpaired) electrons. The molecule has 1 aromatic heterocycles. The highest BCUT2D eigenvalue weighted by Gasteiger charge is 2.16. The van der Waals surface area contributed by atoms with Crippen LogP contribution in [-0.4, -0.2) is 40.5 Å². The smallest absolute Gasteiger partial charge is 0.357 e. The van der Waals surface area contributed by atoms with Gasteiger partial charge in [-0.2, -0.15) is 0 Å². The maximum absolute atomic E-state index is 11.4. The standard InChI is InChI=1S/C11H15N3O2/c1-2-16-11(15)9-4-5-12-10(13-9)8-14-6-3-7-14/h4-5H,2-3,6-8H2,1H3. The highest BCUT2D eigenvalue weighted by molar-refractivity contribution is 5.87. The first-order valence-electron chi connectivity index (χ1n) is 5.51. The molecule has 1 aliphatic heterocycles. The van der Waals surface area contributed by atoms with Crippen LogP contribution in [0.5, 0.6) is 0 Å². The summed E-state index contributed by atoms with van der Waals surface area (Å²) in [6, 6.07) is 1.58. The fraction of sp³-hybridized carbons (Fsp3) is 0.545. The molecular weight excluding hydrogens is 206 g/mol. The Morgan fingerprint density at radius 2 is 2.38 bits per heavy atom. The van der Waals surface area contributed by atoms with E-state index in [4.69, 9.17) is 4.74 Å². The molecule has 16 heavy (non-hydrogen) atoms. The molecule has 1 saturated heterocycles. The highest BCUT2D eigenvalue weighted by Crippen LogP contribution is 2.09. The van der Waals surface area contributed by atoms with E-state index >= 15 is 0 Å². The zero-order chi connectivity index (χ0) is 11.4. The molecule has 1 fully saturated rings. The van der Waals surface area contributed by atoms with Gasteiger partial charge in [-0.05, 0) is 32.5 Å². The first-order valence-corrected chi connectivity index (χ1v) is 5.51. The Balaban J connectivity index is 2.03. The Bertz CT molecular complexity index is 377. The summed E-state index contributed by atoms with van der Waals surface area (Å²) in [5.41, 5.74) is 0.340. The van der Waals surface area contributed by atoms with Crippen molar-refractivity contribution >= 4 is 5.97 Å². The number of likely N-dealkylation sites (tertiary alicyclic amines) is 1. The zero-order valence-electron chi connectivity index (χ0n) is 9.35. The molecule has 2 rings (SSSR count). The number of ether oxygens (including phenoxy) is 1. The number of carbonyl (C=O) groups excluding carboxylic acids is 1. The third-order valence-corrected chi connectivity index (χ3v) is 2.50. The molecule has 5 nitrogen and oxygen atoms in total. The van der Waals surface area contributed by atoms with Gasteiger partial charge >= 0.3 is 5.97 Å². The Hall–Kier alpha value is -1.49. The van der Waals surface area contributed by atoms with Crippen molar-refractivity contribution in [2.24, 2.45) is 0 Å². The predicted molar refractivity (Wildman–Crippen MR) is 57.9 cm³/mol. The first-order chi connectivity index (χ1) is 7.79. The van der Waals surface area contributed by atoms with Crippen molar-refractivity contribution < 1.29 is 9.53 Å². The van der Waals surface area contributed by atoms with Gasteiger partial charge in [0, 0.05) is 6.20 Å². The van der Waals surface area contributed by atoms with Crippen LogP contribution in [-0.2, 0) is 11.3 Å². The van der Waals surface area contributed by atoms with Crippen LogP contribution < -0.4 is 0 Å². The van der Waals surface area contributed by atoms with Crippen molar-refractivity contribution in [2.45, 2.75) is 19.9 Å². The van der Waals surface area contributed by atoms with E-state index < -0.39 is 0 Å². The van der Waals surface area contributed by atoms with Crippen molar-refractivity contribution in [1.82, 2.24) is 14.9 Å². The number of nitrogens with zero attached hydrogens (tertiary/aromatic N) is 3. The van der Waals surface area contributed by atoms with E-state index in [1.165, 1.54) is 6.42 Å². The van der Waals surface area contributed by atoms with E-state index in [-0.39, 0.29) is 5.97 Å². The number of hydrogen-bond donors (Lipinski definition) is 0. The van der Waals surface area contributed by atoms with Crippen molar-refractivity contribution in [2.75, 3.05) is 19.7 Å². The SMILES string of the molecule is CCOC(=O)c1ccnc(CN2CCC2)n1. The van der Waals surface area contributed by atoms with Crippen molar-refractivity contribution in [3.05, 3.63) is 23.8 Å². The monoisotopic (exact) mass is 221 g/mol. The molecule has 0 N–H and O–H groups in total. The van der Waals surface area contributed by atoms with Crippen LogP contribution in [0.3, 0.4) is 0 Å². The topological polar surface area (TPSA) is 55.3 Å². The maximum Gasteiger partial charge on any atom is 0.357 e. The van der Waals surface area contributed by atoms with E-state index in [1.807, 2.05) is 0 Å². The van der Waals surface area contributed by atoms with Gasteiger partial charge in [0.15, 0.2) is 5.69 Å². The van der Waals surface area contributed by atoms with Crippen LogP contribution in [0.1, 0.15) is 29.7 Å². The normalized spacial score (nSPS) is 15.6. The molecule has 0 saturated carbocycles. The van der Waals surface area contributed by atoms with Crippen LogP contribution in [0, 0.1) is 0 Å². The van der Waals surface area contributed by atoms with Gasteiger partial charge in [-0.1, -0.05) is 0 Å². The van der Waals surface area contributed by atoms with Crippen LogP contribution in [0.25, 0.3) is 0 Å². The van der Waals surface area contributed by atoms with Crippen LogP contribution >= 0.6 is 0 Å². The second-order valence-corrected chi connectivity index (χ2v) is 3.71. The molecular formula is C11H15N3O2. The Morgan fingerprint density at radius 3 is 3.00 bits per heavy atom. The molecule has 86 valence electrons. The first kappa shape index (κ1) is 11.0. The number of esters is 1. The second-order valence-electron chi connectivity index (χ2n) is 3.71. The molecule has 0 amide bonds. The van der Waals surface area contributed by atoms with E-state index in [9.17, 15) is 4.79 Å². The van der Waals surface area contributed by atoms with Gasteiger partial charge in [0.1, 0.15) is 5.82 Å². The lowest BCUT2D eigenvalue weighted by Gasteiger charge is -2.29. The average molecular weight is 221 g/mol. The van der Waals surface area contributed by atoms with Gasteiger partial charge in [0.2, 0.25) is 0 Å². The molecule has 5 heteroatoms. The van der Waals surface area contributed by atoms with Gasteiger partial charge in [-0.25, -0.2) is 14.8 Å². The quantitative estimate of drug-likeness (QED) is 0.706. The molecule has 0 aliphatic carbocycles. The minimum atomic E-state index is -0.380. The lowest BCUT2D eigenvalue weighted by atomic mass is 10.2. The lowest BCUT2D eigenvalue weighted by molar-refractivity contribution is 0.0518. The summed E-state index contributed by atoms with van der Waals surface area (Å²) in [6.45, 7) is 5.04.